The van der Waals surface area contributed by atoms with E-state index in [2.05, 4.69) is 12.2 Å². The summed E-state index contributed by atoms with van der Waals surface area (Å²) in [7, 11) is 1.94. The number of carbonyl (C=O) groups is 1. The molecule has 1 heterocycles. The largest absolute Gasteiger partial charge is 0.352 e. The Labute approximate surface area is 76.2 Å². The van der Waals surface area contributed by atoms with Crippen LogP contribution in [0.5, 0.6) is 0 Å². The Morgan fingerprint density at radius 2 is 2.58 bits per heavy atom. The minimum absolute atomic E-state index is 0.0301. The van der Waals surface area contributed by atoms with E-state index in [4.69, 9.17) is 5.73 Å². The summed E-state index contributed by atoms with van der Waals surface area (Å²) in [6.45, 7) is 2.08. The van der Waals surface area contributed by atoms with Crippen molar-refractivity contribution in [2.75, 3.05) is 7.05 Å². The van der Waals surface area contributed by atoms with E-state index >= 15 is 0 Å². The summed E-state index contributed by atoms with van der Waals surface area (Å²) in [6, 6.07) is -0.481. The molecule has 0 radical (unpaired) electrons. The summed E-state index contributed by atoms with van der Waals surface area (Å²) < 4.78 is 0. The maximum atomic E-state index is 10.5. The molecule has 2 amide bonds. The van der Waals surface area contributed by atoms with Crippen LogP contribution in [0.1, 0.15) is 13.3 Å². The molecule has 0 fully saturated rings. The first-order valence-electron chi connectivity index (χ1n) is 3.78. The van der Waals surface area contributed by atoms with Gasteiger partial charge in [0.1, 0.15) is 0 Å². The van der Waals surface area contributed by atoms with Crippen molar-refractivity contribution in [1.82, 2.24) is 10.2 Å². The molecule has 1 aliphatic rings. The van der Waals surface area contributed by atoms with E-state index in [1.54, 1.807) is 11.8 Å². The quantitative estimate of drug-likeness (QED) is 0.674. The molecule has 0 aromatic carbocycles. The number of amides is 2. The predicted molar refractivity (Wildman–Crippen MR) is 50.2 cm³/mol. The number of allylic oxidation sites excluding steroid dienone is 1. The van der Waals surface area contributed by atoms with Gasteiger partial charge in [-0.25, -0.2) is 4.79 Å². The van der Waals surface area contributed by atoms with Gasteiger partial charge in [-0.1, -0.05) is 18.7 Å². The van der Waals surface area contributed by atoms with Crippen molar-refractivity contribution in [2.45, 2.75) is 18.8 Å². The number of rotatable bonds is 2. The topological polar surface area (TPSA) is 58.4 Å². The smallest absolute Gasteiger partial charge is 0.314 e. The van der Waals surface area contributed by atoms with E-state index in [9.17, 15) is 4.79 Å². The first-order valence-corrected chi connectivity index (χ1v) is 4.72. The van der Waals surface area contributed by atoms with Crippen molar-refractivity contribution in [3.63, 3.8) is 0 Å². The summed E-state index contributed by atoms with van der Waals surface area (Å²) >= 11 is 1.56. The highest BCUT2D eigenvalue weighted by atomic mass is 32.2. The second-order valence-electron chi connectivity index (χ2n) is 2.57. The van der Waals surface area contributed by atoms with Gasteiger partial charge in [0.15, 0.2) is 5.50 Å². The van der Waals surface area contributed by atoms with Crippen LogP contribution in [-0.4, -0.2) is 23.5 Å². The molecular weight excluding hydrogens is 174 g/mol. The van der Waals surface area contributed by atoms with Crippen LogP contribution in [0.4, 0.5) is 4.79 Å². The number of nitrogens with two attached hydrogens (primary N) is 1. The van der Waals surface area contributed by atoms with E-state index in [0.717, 1.165) is 6.42 Å². The third kappa shape index (κ3) is 1.85. The maximum Gasteiger partial charge on any atom is 0.314 e. The van der Waals surface area contributed by atoms with Crippen molar-refractivity contribution in [2.24, 2.45) is 5.73 Å². The molecule has 0 spiro atoms. The van der Waals surface area contributed by atoms with Crippen molar-refractivity contribution < 1.29 is 4.79 Å². The van der Waals surface area contributed by atoms with Crippen LogP contribution >= 0.6 is 11.8 Å². The number of hydrogen-bond donors (Lipinski definition) is 2. The van der Waals surface area contributed by atoms with Gasteiger partial charge in [0.2, 0.25) is 0 Å². The Morgan fingerprint density at radius 1 is 1.92 bits per heavy atom. The molecule has 0 bridgehead atoms. The zero-order valence-corrected chi connectivity index (χ0v) is 8.02. The van der Waals surface area contributed by atoms with Gasteiger partial charge >= 0.3 is 6.03 Å². The highest BCUT2D eigenvalue weighted by molar-refractivity contribution is 8.02. The van der Waals surface area contributed by atoms with Crippen LogP contribution in [0, 0.1) is 0 Å². The maximum absolute atomic E-state index is 10.5. The van der Waals surface area contributed by atoms with Gasteiger partial charge in [0.05, 0.1) is 0 Å². The van der Waals surface area contributed by atoms with Crippen LogP contribution in [0.15, 0.2) is 11.1 Å². The summed E-state index contributed by atoms with van der Waals surface area (Å²) in [5.74, 6) is 0. The molecule has 1 unspecified atom stereocenters. The van der Waals surface area contributed by atoms with Crippen molar-refractivity contribution >= 4 is 17.8 Å². The lowest BCUT2D eigenvalue weighted by Crippen LogP contribution is -2.43. The molecule has 0 aromatic rings. The van der Waals surface area contributed by atoms with Crippen molar-refractivity contribution in [1.29, 1.82) is 0 Å². The van der Waals surface area contributed by atoms with Crippen LogP contribution in [0.25, 0.3) is 0 Å². The Kier molecular flexibility index (Phi) is 2.86. The number of nitrogens with zero attached hydrogens (tertiary/aromatic N) is 1. The van der Waals surface area contributed by atoms with Gasteiger partial charge < -0.3 is 16.0 Å². The lowest BCUT2D eigenvalue weighted by molar-refractivity contribution is 0.240. The number of thioether (sulfide) groups is 1. The number of hydrogen-bond acceptors (Lipinski definition) is 3. The monoisotopic (exact) mass is 187 g/mol. The Hall–Kier alpha value is -0.840. The highest BCUT2D eigenvalue weighted by Gasteiger charge is 2.22. The van der Waals surface area contributed by atoms with E-state index in [1.165, 1.54) is 5.70 Å². The first kappa shape index (κ1) is 9.25. The van der Waals surface area contributed by atoms with Gasteiger partial charge in [0.25, 0.3) is 0 Å². The average Bonchev–Trinajstić information content (AvgIpc) is 2.32. The molecule has 3 N–H and O–H groups in total. The molecule has 0 aromatic heterocycles. The Morgan fingerprint density at radius 3 is 3.00 bits per heavy atom. The number of urea groups is 1. The molecular formula is C7H13N3OS. The SMILES string of the molecule is CCC1=CSC(NC(N)=O)N1C. The fraction of sp³-hybridized carbons (Fsp3) is 0.571. The highest BCUT2D eigenvalue weighted by Crippen LogP contribution is 2.28. The third-order valence-electron chi connectivity index (χ3n) is 1.77. The van der Waals surface area contributed by atoms with Crippen LogP contribution in [0.3, 0.4) is 0 Å². The third-order valence-corrected chi connectivity index (χ3v) is 2.87. The molecule has 0 aliphatic carbocycles. The normalized spacial score (nSPS) is 22.3. The fourth-order valence-corrected chi connectivity index (χ4v) is 2.17. The molecule has 1 atom stereocenters. The summed E-state index contributed by atoms with van der Waals surface area (Å²) in [5.41, 5.74) is 6.20. The molecule has 4 nitrogen and oxygen atoms in total. The minimum atomic E-state index is -0.481. The standard InChI is InChI=1S/C7H13N3OS/c1-3-5-4-12-7(10(5)2)9-6(8)11/h4,7H,3H2,1-2H3,(H3,8,9,11). The van der Waals surface area contributed by atoms with Crippen LogP contribution in [-0.2, 0) is 0 Å². The second kappa shape index (κ2) is 3.71. The molecule has 0 saturated carbocycles. The Balaban J connectivity index is 2.49. The zero-order chi connectivity index (χ0) is 9.14. The minimum Gasteiger partial charge on any atom is -0.352 e. The lowest BCUT2D eigenvalue weighted by atomic mass is 10.3. The van der Waals surface area contributed by atoms with E-state index in [0.29, 0.717) is 0 Å². The molecule has 1 aliphatic heterocycles. The van der Waals surface area contributed by atoms with Crippen molar-refractivity contribution in [3.8, 4) is 0 Å². The summed E-state index contributed by atoms with van der Waals surface area (Å²) in [5, 5.41) is 4.67. The van der Waals surface area contributed by atoms with Gasteiger partial charge in [-0.3, -0.25) is 0 Å². The van der Waals surface area contributed by atoms with E-state index in [-0.39, 0.29) is 5.50 Å². The second-order valence-corrected chi connectivity index (χ2v) is 3.53. The van der Waals surface area contributed by atoms with Gasteiger partial charge in [0, 0.05) is 12.7 Å². The van der Waals surface area contributed by atoms with Gasteiger partial charge in [-0.2, -0.15) is 0 Å². The van der Waals surface area contributed by atoms with Gasteiger partial charge in [-0.15, -0.1) is 0 Å². The molecule has 12 heavy (non-hydrogen) atoms. The van der Waals surface area contributed by atoms with Crippen LogP contribution in [0.2, 0.25) is 0 Å². The Bertz CT molecular complexity index is 217. The number of carbonyl (C=O) groups excluding carboxylic acids is 1. The molecule has 68 valence electrons. The van der Waals surface area contributed by atoms with Gasteiger partial charge in [-0.05, 0) is 11.8 Å². The molecule has 0 saturated heterocycles. The summed E-state index contributed by atoms with van der Waals surface area (Å²) in [6.07, 6.45) is 0.973. The van der Waals surface area contributed by atoms with E-state index < -0.39 is 6.03 Å². The first-order chi connectivity index (χ1) is 5.65. The number of nitrogens with one attached hydrogen (secondary N) is 1. The molecule has 5 heteroatoms. The van der Waals surface area contributed by atoms with E-state index in [1.807, 2.05) is 17.4 Å². The molecule has 1 rings (SSSR count). The summed E-state index contributed by atoms with van der Waals surface area (Å²) in [4.78, 5) is 12.6. The average molecular weight is 187 g/mol. The fourth-order valence-electron chi connectivity index (χ4n) is 1.05. The zero-order valence-electron chi connectivity index (χ0n) is 7.20. The number of primary amides is 1. The van der Waals surface area contributed by atoms with Crippen molar-refractivity contribution in [3.05, 3.63) is 11.1 Å². The predicted octanol–water partition coefficient (Wildman–Crippen LogP) is 0.868. The van der Waals surface area contributed by atoms with Crippen LogP contribution < -0.4 is 11.1 Å². The lowest BCUT2D eigenvalue weighted by Gasteiger charge is -2.23.